The molecule has 0 saturated heterocycles. The van der Waals surface area contributed by atoms with Crippen molar-refractivity contribution in [1.29, 1.82) is 0 Å². The van der Waals surface area contributed by atoms with E-state index in [1.54, 1.807) is 56.8 Å². The van der Waals surface area contributed by atoms with E-state index in [0.717, 1.165) is 12.0 Å². The molecule has 9 heteroatoms. The minimum atomic E-state index is -0.281. The standard InChI is InChI=1S/C22H26N6O3/c1-4-8-25-22(29)27-16-11-15(12-17(13-16)30-2)26-21-24-9-7-19(28-21)14-5-6-20(31-3)18(23)10-14/h5-7,9-13H,4,8,23H2,1-3H3,(H,24,26,28)(H2,25,27,29). The van der Waals surface area contributed by atoms with Crippen LogP contribution in [0, 0.1) is 0 Å². The van der Waals surface area contributed by atoms with Crippen LogP contribution < -0.4 is 31.2 Å². The number of nitrogen functional groups attached to an aromatic ring is 1. The second-order valence-electron chi connectivity index (χ2n) is 6.68. The Kier molecular flexibility index (Phi) is 7.10. The lowest BCUT2D eigenvalue weighted by atomic mass is 10.1. The van der Waals surface area contributed by atoms with E-state index < -0.39 is 0 Å². The number of nitrogens with one attached hydrogen (secondary N) is 3. The highest BCUT2D eigenvalue weighted by Crippen LogP contribution is 2.29. The van der Waals surface area contributed by atoms with Crippen LogP contribution in [0.2, 0.25) is 0 Å². The van der Waals surface area contributed by atoms with Crippen LogP contribution >= 0.6 is 0 Å². The molecule has 0 aliphatic carbocycles. The summed E-state index contributed by atoms with van der Waals surface area (Å²) in [6.45, 7) is 2.58. The lowest BCUT2D eigenvalue weighted by molar-refractivity contribution is 0.252. The van der Waals surface area contributed by atoms with Gasteiger partial charge in [-0.05, 0) is 36.8 Å². The van der Waals surface area contributed by atoms with Gasteiger partial charge in [0.25, 0.3) is 0 Å². The van der Waals surface area contributed by atoms with Crippen molar-refractivity contribution in [3.63, 3.8) is 0 Å². The number of carbonyl (C=O) groups is 1. The summed E-state index contributed by atoms with van der Waals surface area (Å²) in [6.07, 6.45) is 2.51. The average molecular weight is 422 g/mol. The third-order valence-corrected chi connectivity index (χ3v) is 4.37. The number of methoxy groups -OCH3 is 2. The first-order valence-corrected chi connectivity index (χ1v) is 9.80. The van der Waals surface area contributed by atoms with Crippen molar-refractivity contribution in [2.45, 2.75) is 13.3 Å². The Morgan fingerprint density at radius 1 is 1.06 bits per heavy atom. The summed E-state index contributed by atoms with van der Waals surface area (Å²) in [5.74, 6) is 1.58. The molecule has 2 aromatic carbocycles. The second kappa shape index (κ2) is 10.1. The summed E-state index contributed by atoms with van der Waals surface area (Å²) in [5, 5.41) is 8.72. The van der Waals surface area contributed by atoms with Gasteiger partial charge in [-0.3, -0.25) is 0 Å². The van der Waals surface area contributed by atoms with Crippen molar-refractivity contribution < 1.29 is 14.3 Å². The zero-order valence-corrected chi connectivity index (χ0v) is 17.7. The first-order valence-electron chi connectivity index (χ1n) is 9.80. The lowest BCUT2D eigenvalue weighted by Crippen LogP contribution is -2.29. The molecule has 0 saturated carbocycles. The number of rotatable bonds is 8. The molecule has 3 aromatic rings. The number of nitrogens with zero attached hydrogens (tertiary/aromatic N) is 2. The number of hydrogen-bond acceptors (Lipinski definition) is 7. The van der Waals surface area contributed by atoms with Crippen LogP contribution in [0.5, 0.6) is 11.5 Å². The Balaban J connectivity index is 1.82. The van der Waals surface area contributed by atoms with Crippen LogP contribution in [0.3, 0.4) is 0 Å². The van der Waals surface area contributed by atoms with E-state index in [2.05, 4.69) is 25.9 Å². The van der Waals surface area contributed by atoms with Crippen LogP contribution in [0.15, 0.2) is 48.7 Å². The smallest absolute Gasteiger partial charge is 0.319 e. The number of hydrogen-bond donors (Lipinski definition) is 4. The fraction of sp³-hybridized carbons (Fsp3) is 0.227. The maximum atomic E-state index is 12.0. The molecule has 162 valence electrons. The van der Waals surface area contributed by atoms with E-state index in [1.807, 2.05) is 13.0 Å². The molecule has 0 unspecified atom stereocenters. The van der Waals surface area contributed by atoms with Crippen molar-refractivity contribution in [3.8, 4) is 22.8 Å². The number of amides is 2. The molecule has 0 bridgehead atoms. The summed E-state index contributed by atoms with van der Waals surface area (Å²) >= 11 is 0. The lowest BCUT2D eigenvalue weighted by Gasteiger charge is -2.12. The van der Waals surface area contributed by atoms with Gasteiger partial charge < -0.3 is 31.2 Å². The molecule has 5 N–H and O–H groups in total. The zero-order chi connectivity index (χ0) is 22.2. The molecular weight excluding hydrogens is 396 g/mol. The first kappa shape index (κ1) is 21.7. The number of aromatic nitrogens is 2. The second-order valence-corrected chi connectivity index (χ2v) is 6.68. The van der Waals surface area contributed by atoms with E-state index in [1.165, 1.54) is 0 Å². The van der Waals surface area contributed by atoms with Gasteiger partial charge in [-0.2, -0.15) is 0 Å². The Bertz CT molecular complexity index is 1060. The molecule has 0 atom stereocenters. The number of nitrogens with two attached hydrogens (primary N) is 1. The molecule has 1 heterocycles. The third kappa shape index (κ3) is 5.75. The zero-order valence-electron chi connectivity index (χ0n) is 17.7. The van der Waals surface area contributed by atoms with E-state index in [9.17, 15) is 4.79 Å². The number of anilines is 4. The van der Waals surface area contributed by atoms with E-state index in [0.29, 0.717) is 46.7 Å². The minimum Gasteiger partial charge on any atom is -0.497 e. The number of carbonyl (C=O) groups excluding carboxylic acids is 1. The molecular formula is C22H26N6O3. The Labute approximate surface area is 181 Å². The monoisotopic (exact) mass is 422 g/mol. The van der Waals surface area contributed by atoms with Gasteiger partial charge in [-0.25, -0.2) is 14.8 Å². The third-order valence-electron chi connectivity index (χ3n) is 4.37. The van der Waals surface area contributed by atoms with Gasteiger partial charge in [-0.1, -0.05) is 6.92 Å². The van der Waals surface area contributed by atoms with Gasteiger partial charge in [0.05, 0.1) is 25.6 Å². The Morgan fingerprint density at radius 2 is 1.87 bits per heavy atom. The quantitative estimate of drug-likeness (QED) is 0.404. The fourth-order valence-corrected chi connectivity index (χ4v) is 2.88. The summed E-state index contributed by atoms with van der Waals surface area (Å²) < 4.78 is 10.5. The molecule has 0 aliphatic rings. The molecule has 0 fully saturated rings. The molecule has 0 spiro atoms. The molecule has 9 nitrogen and oxygen atoms in total. The van der Waals surface area contributed by atoms with Crippen molar-refractivity contribution in [2.24, 2.45) is 0 Å². The predicted molar refractivity (Wildman–Crippen MR) is 122 cm³/mol. The van der Waals surface area contributed by atoms with Gasteiger partial charge in [0.2, 0.25) is 5.95 Å². The van der Waals surface area contributed by atoms with Gasteiger partial charge in [0, 0.05) is 41.8 Å². The maximum Gasteiger partial charge on any atom is 0.319 e. The van der Waals surface area contributed by atoms with E-state index in [4.69, 9.17) is 15.2 Å². The summed E-state index contributed by atoms with van der Waals surface area (Å²) in [6, 6.07) is 12.3. The molecule has 0 aliphatic heterocycles. The van der Waals surface area contributed by atoms with Gasteiger partial charge >= 0.3 is 6.03 Å². The topological polar surface area (TPSA) is 123 Å². The number of benzene rings is 2. The van der Waals surface area contributed by atoms with Crippen LogP contribution in [0.4, 0.5) is 27.8 Å². The van der Waals surface area contributed by atoms with Gasteiger partial charge in [-0.15, -0.1) is 0 Å². The normalized spacial score (nSPS) is 10.3. The molecule has 1 aromatic heterocycles. The maximum absolute atomic E-state index is 12.0. The van der Waals surface area contributed by atoms with Gasteiger partial charge in [0.1, 0.15) is 11.5 Å². The minimum absolute atomic E-state index is 0.281. The molecule has 2 amide bonds. The SMILES string of the molecule is CCCNC(=O)Nc1cc(Nc2nccc(-c3ccc(OC)c(N)c3)n2)cc(OC)c1. The van der Waals surface area contributed by atoms with Crippen LogP contribution in [0.1, 0.15) is 13.3 Å². The van der Waals surface area contributed by atoms with Crippen molar-refractivity contribution in [3.05, 3.63) is 48.7 Å². The van der Waals surface area contributed by atoms with Gasteiger partial charge in [0.15, 0.2) is 0 Å². The highest BCUT2D eigenvalue weighted by molar-refractivity contribution is 5.90. The van der Waals surface area contributed by atoms with E-state index in [-0.39, 0.29) is 6.03 Å². The Morgan fingerprint density at radius 3 is 2.58 bits per heavy atom. The van der Waals surface area contributed by atoms with E-state index >= 15 is 0 Å². The van der Waals surface area contributed by atoms with Crippen molar-refractivity contribution in [1.82, 2.24) is 15.3 Å². The van der Waals surface area contributed by atoms with Crippen molar-refractivity contribution >= 4 is 29.0 Å². The number of urea groups is 1. The first-order chi connectivity index (χ1) is 15.0. The molecule has 31 heavy (non-hydrogen) atoms. The van der Waals surface area contributed by atoms with Crippen LogP contribution in [-0.2, 0) is 0 Å². The average Bonchev–Trinajstić information content (AvgIpc) is 2.77. The van der Waals surface area contributed by atoms with Crippen LogP contribution in [-0.4, -0.2) is 36.8 Å². The summed E-state index contributed by atoms with van der Waals surface area (Å²) in [4.78, 5) is 20.8. The van der Waals surface area contributed by atoms with Crippen molar-refractivity contribution in [2.75, 3.05) is 37.1 Å². The Hall–Kier alpha value is -4.01. The highest BCUT2D eigenvalue weighted by Gasteiger charge is 2.09. The summed E-state index contributed by atoms with van der Waals surface area (Å²) in [5.41, 5.74) is 9.32. The van der Waals surface area contributed by atoms with Crippen LogP contribution in [0.25, 0.3) is 11.3 Å². The summed E-state index contributed by atoms with van der Waals surface area (Å²) in [7, 11) is 3.13. The predicted octanol–water partition coefficient (Wildman–Crippen LogP) is 4.02. The number of ether oxygens (including phenoxy) is 2. The molecule has 3 rings (SSSR count). The largest absolute Gasteiger partial charge is 0.497 e. The highest BCUT2D eigenvalue weighted by atomic mass is 16.5. The fourth-order valence-electron chi connectivity index (χ4n) is 2.88. The molecule has 0 radical (unpaired) electrons.